The van der Waals surface area contributed by atoms with Crippen LogP contribution in [0.3, 0.4) is 0 Å². The molecule has 0 aliphatic heterocycles. The van der Waals surface area contributed by atoms with Gasteiger partial charge in [-0.05, 0) is 42.7 Å². The Kier molecular flexibility index (Phi) is 7.22. The van der Waals surface area contributed by atoms with Gasteiger partial charge < -0.3 is 10.6 Å². The van der Waals surface area contributed by atoms with Gasteiger partial charge in [-0.25, -0.2) is 0 Å². The summed E-state index contributed by atoms with van der Waals surface area (Å²) in [7, 11) is 0. The average molecular weight is 373 g/mol. The molecule has 0 bridgehead atoms. The second-order valence-electron chi connectivity index (χ2n) is 6.49. The third-order valence-electron chi connectivity index (χ3n) is 4.53. The van der Waals surface area contributed by atoms with Crippen LogP contribution in [-0.4, -0.2) is 17.9 Å². The third kappa shape index (κ3) is 5.33. The van der Waals surface area contributed by atoms with Crippen LogP contribution in [0.25, 0.3) is 0 Å². The molecular formula is C21H25ClN2O2. The van der Waals surface area contributed by atoms with E-state index in [1.807, 2.05) is 45.0 Å². The maximum absolute atomic E-state index is 12.8. The molecule has 2 aromatic rings. The SMILES string of the molecule is CCC(C)C(NC(=O)c1ccccc1)C(=O)NC(C)c1cccc(Cl)c1. The molecule has 0 aliphatic rings. The molecule has 5 heteroatoms. The minimum atomic E-state index is -0.602. The van der Waals surface area contributed by atoms with Crippen molar-refractivity contribution in [3.63, 3.8) is 0 Å². The molecule has 3 unspecified atom stereocenters. The number of carbonyl (C=O) groups is 2. The highest BCUT2D eigenvalue weighted by Gasteiger charge is 2.27. The van der Waals surface area contributed by atoms with Crippen LogP contribution >= 0.6 is 11.6 Å². The van der Waals surface area contributed by atoms with Crippen molar-refractivity contribution < 1.29 is 9.59 Å². The summed E-state index contributed by atoms with van der Waals surface area (Å²) in [6, 6.07) is 15.5. The summed E-state index contributed by atoms with van der Waals surface area (Å²) in [5.74, 6) is -0.438. The molecule has 2 N–H and O–H groups in total. The van der Waals surface area contributed by atoms with Crippen molar-refractivity contribution in [3.8, 4) is 0 Å². The highest BCUT2D eigenvalue weighted by atomic mass is 35.5. The summed E-state index contributed by atoms with van der Waals surface area (Å²) < 4.78 is 0. The van der Waals surface area contributed by atoms with Crippen LogP contribution in [0.2, 0.25) is 5.02 Å². The number of nitrogens with one attached hydrogen (secondary N) is 2. The predicted molar refractivity (Wildman–Crippen MR) is 105 cm³/mol. The van der Waals surface area contributed by atoms with E-state index in [1.54, 1.807) is 30.3 Å². The van der Waals surface area contributed by atoms with Gasteiger partial charge in [0.2, 0.25) is 5.91 Å². The zero-order valence-electron chi connectivity index (χ0n) is 15.3. The fraction of sp³-hybridized carbons (Fsp3) is 0.333. The van der Waals surface area contributed by atoms with E-state index >= 15 is 0 Å². The molecule has 138 valence electrons. The van der Waals surface area contributed by atoms with E-state index in [0.717, 1.165) is 12.0 Å². The largest absolute Gasteiger partial charge is 0.348 e. The molecule has 0 saturated carbocycles. The topological polar surface area (TPSA) is 58.2 Å². The average Bonchev–Trinajstić information content (AvgIpc) is 2.65. The van der Waals surface area contributed by atoms with Crippen LogP contribution < -0.4 is 10.6 Å². The van der Waals surface area contributed by atoms with Crippen molar-refractivity contribution in [2.45, 2.75) is 39.3 Å². The Morgan fingerprint density at radius 2 is 1.69 bits per heavy atom. The van der Waals surface area contributed by atoms with Gasteiger partial charge in [-0.3, -0.25) is 9.59 Å². The Hall–Kier alpha value is -2.33. The summed E-state index contributed by atoms with van der Waals surface area (Å²) >= 11 is 6.03. The Bertz CT molecular complexity index is 749. The minimum absolute atomic E-state index is 0.00854. The van der Waals surface area contributed by atoms with Crippen molar-refractivity contribution in [1.82, 2.24) is 10.6 Å². The molecule has 2 amide bonds. The lowest BCUT2D eigenvalue weighted by atomic mass is 9.97. The van der Waals surface area contributed by atoms with E-state index in [0.29, 0.717) is 10.6 Å². The molecule has 2 aromatic carbocycles. The molecule has 0 spiro atoms. The van der Waals surface area contributed by atoms with Crippen LogP contribution in [0.4, 0.5) is 0 Å². The molecule has 0 radical (unpaired) electrons. The highest BCUT2D eigenvalue weighted by molar-refractivity contribution is 6.30. The Labute approximate surface area is 159 Å². The van der Waals surface area contributed by atoms with Crippen molar-refractivity contribution in [3.05, 3.63) is 70.7 Å². The normalized spacial score (nSPS) is 14.2. The number of benzene rings is 2. The number of hydrogen-bond donors (Lipinski definition) is 2. The fourth-order valence-electron chi connectivity index (χ4n) is 2.68. The summed E-state index contributed by atoms with van der Waals surface area (Å²) in [6.07, 6.45) is 0.776. The molecule has 26 heavy (non-hydrogen) atoms. The first-order valence-electron chi connectivity index (χ1n) is 8.84. The molecular weight excluding hydrogens is 348 g/mol. The standard InChI is InChI=1S/C21H25ClN2O2/c1-4-14(2)19(24-20(25)16-9-6-5-7-10-16)21(26)23-15(3)17-11-8-12-18(22)13-17/h5-15,19H,4H2,1-3H3,(H,23,26)(H,24,25). The molecule has 0 aromatic heterocycles. The zero-order valence-corrected chi connectivity index (χ0v) is 16.1. The van der Waals surface area contributed by atoms with Crippen molar-refractivity contribution in [2.75, 3.05) is 0 Å². The van der Waals surface area contributed by atoms with E-state index in [-0.39, 0.29) is 23.8 Å². The van der Waals surface area contributed by atoms with Gasteiger partial charge in [-0.15, -0.1) is 0 Å². The highest BCUT2D eigenvalue weighted by Crippen LogP contribution is 2.18. The van der Waals surface area contributed by atoms with Crippen LogP contribution in [0, 0.1) is 5.92 Å². The van der Waals surface area contributed by atoms with Crippen LogP contribution in [0.1, 0.15) is 49.2 Å². The van der Waals surface area contributed by atoms with E-state index < -0.39 is 6.04 Å². The summed E-state index contributed by atoms with van der Waals surface area (Å²) in [5, 5.41) is 6.48. The first kappa shape index (κ1) is 20.0. The Morgan fingerprint density at radius 1 is 1.00 bits per heavy atom. The molecule has 0 aliphatic carbocycles. The van der Waals surface area contributed by atoms with E-state index in [1.165, 1.54) is 0 Å². The first-order chi connectivity index (χ1) is 12.4. The third-order valence-corrected chi connectivity index (χ3v) is 4.76. The number of halogens is 1. The van der Waals surface area contributed by atoms with Gasteiger partial charge in [-0.1, -0.05) is 62.2 Å². The van der Waals surface area contributed by atoms with Gasteiger partial charge >= 0.3 is 0 Å². The zero-order chi connectivity index (χ0) is 19.1. The second-order valence-corrected chi connectivity index (χ2v) is 6.92. The summed E-state index contributed by atoms with van der Waals surface area (Å²) in [6.45, 7) is 5.86. The minimum Gasteiger partial charge on any atom is -0.348 e. The molecule has 3 atom stereocenters. The van der Waals surface area contributed by atoms with E-state index in [2.05, 4.69) is 10.6 Å². The van der Waals surface area contributed by atoms with Gasteiger partial charge in [0.1, 0.15) is 6.04 Å². The summed E-state index contributed by atoms with van der Waals surface area (Å²) in [5.41, 5.74) is 1.46. The van der Waals surface area contributed by atoms with Gasteiger partial charge in [-0.2, -0.15) is 0 Å². The van der Waals surface area contributed by atoms with Gasteiger partial charge in [0.05, 0.1) is 6.04 Å². The quantitative estimate of drug-likeness (QED) is 0.758. The lowest BCUT2D eigenvalue weighted by molar-refractivity contribution is -0.124. The molecule has 2 rings (SSSR count). The van der Waals surface area contributed by atoms with E-state index in [4.69, 9.17) is 11.6 Å². The molecule has 0 saturated heterocycles. The Balaban J connectivity index is 2.10. The number of rotatable bonds is 7. The second kappa shape index (κ2) is 9.39. The molecule has 0 heterocycles. The van der Waals surface area contributed by atoms with Gasteiger partial charge in [0.15, 0.2) is 0 Å². The van der Waals surface area contributed by atoms with Crippen molar-refractivity contribution in [1.29, 1.82) is 0 Å². The van der Waals surface area contributed by atoms with E-state index in [9.17, 15) is 9.59 Å². The lowest BCUT2D eigenvalue weighted by Crippen LogP contribution is -2.50. The fourth-order valence-corrected chi connectivity index (χ4v) is 2.88. The first-order valence-corrected chi connectivity index (χ1v) is 9.22. The van der Waals surface area contributed by atoms with Crippen LogP contribution in [-0.2, 0) is 4.79 Å². The number of amides is 2. The smallest absolute Gasteiger partial charge is 0.251 e. The van der Waals surface area contributed by atoms with Crippen molar-refractivity contribution >= 4 is 23.4 Å². The predicted octanol–water partition coefficient (Wildman–Crippen LogP) is 4.36. The maximum Gasteiger partial charge on any atom is 0.251 e. The molecule has 0 fully saturated rings. The van der Waals surface area contributed by atoms with Crippen LogP contribution in [0.15, 0.2) is 54.6 Å². The number of hydrogen-bond acceptors (Lipinski definition) is 2. The molecule has 4 nitrogen and oxygen atoms in total. The van der Waals surface area contributed by atoms with Crippen LogP contribution in [0.5, 0.6) is 0 Å². The monoisotopic (exact) mass is 372 g/mol. The summed E-state index contributed by atoms with van der Waals surface area (Å²) in [4.78, 5) is 25.3. The lowest BCUT2D eigenvalue weighted by Gasteiger charge is -2.25. The van der Waals surface area contributed by atoms with Crippen molar-refractivity contribution in [2.24, 2.45) is 5.92 Å². The number of carbonyl (C=O) groups excluding carboxylic acids is 2. The van der Waals surface area contributed by atoms with Gasteiger partial charge in [0, 0.05) is 10.6 Å². The van der Waals surface area contributed by atoms with Gasteiger partial charge in [0.25, 0.3) is 5.91 Å². The maximum atomic E-state index is 12.8. The Morgan fingerprint density at radius 3 is 2.31 bits per heavy atom.